The number of aromatic nitrogens is 2. The van der Waals surface area contributed by atoms with Gasteiger partial charge in [0.1, 0.15) is 0 Å². The summed E-state index contributed by atoms with van der Waals surface area (Å²) in [5.74, 6) is -0.619. The monoisotopic (exact) mass is 237 g/mol. The third-order valence-corrected chi connectivity index (χ3v) is 3.48. The highest BCUT2D eigenvalue weighted by Gasteiger charge is 2.34. The molecule has 2 heterocycles. The summed E-state index contributed by atoms with van der Waals surface area (Å²) in [7, 11) is 1.90. The summed E-state index contributed by atoms with van der Waals surface area (Å²) in [5.41, 5.74) is 1.21. The minimum absolute atomic E-state index is 0.205. The van der Waals surface area contributed by atoms with Crippen LogP contribution in [-0.2, 0) is 18.3 Å². The predicted octanol–water partition coefficient (Wildman–Crippen LogP) is 0.615. The van der Waals surface area contributed by atoms with Gasteiger partial charge < -0.3 is 10.0 Å². The molecule has 5 nitrogen and oxygen atoms in total. The van der Waals surface area contributed by atoms with Crippen molar-refractivity contribution in [1.29, 1.82) is 0 Å². The van der Waals surface area contributed by atoms with E-state index in [4.69, 9.17) is 5.11 Å². The minimum Gasteiger partial charge on any atom is -0.481 e. The first kappa shape index (κ1) is 12.1. The second kappa shape index (κ2) is 4.87. The maximum atomic E-state index is 11.0. The minimum atomic E-state index is -0.665. The van der Waals surface area contributed by atoms with Crippen LogP contribution in [0.25, 0.3) is 0 Å². The van der Waals surface area contributed by atoms with E-state index in [9.17, 15) is 4.79 Å². The number of nitrogens with zero attached hydrogens (tertiary/aromatic N) is 3. The molecule has 1 aliphatic rings. The maximum absolute atomic E-state index is 11.0. The summed E-state index contributed by atoms with van der Waals surface area (Å²) < 4.78 is 1.79. The molecule has 1 N–H and O–H groups in total. The van der Waals surface area contributed by atoms with E-state index in [1.807, 2.05) is 26.4 Å². The van der Waals surface area contributed by atoms with E-state index in [0.29, 0.717) is 6.54 Å². The van der Waals surface area contributed by atoms with Crippen LogP contribution in [0.4, 0.5) is 0 Å². The molecule has 2 unspecified atom stereocenters. The third-order valence-electron chi connectivity index (χ3n) is 3.48. The fourth-order valence-corrected chi connectivity index (χ4v) is 2.46. The van der Waals surface area contributed by atoms with E-state index < -0.39 is 5.97 Å². The molecule has 1 aromatic heterocycles. The predicted molar refractivity (Wildman–Crippen MR) is 63.6 cm³/mol. The van der Waals surface area contributed by atoms with Crippen molar-refractivity contribution in [3.05, 3.63) is 18.0 Å². The lowest BCUT2D eigenvalue weighted by molar-refractivity contribution is -0.142. The number of hydrogen-bond donors (Lipinski definition) is 1. The summed E-state index contributed by atoms with van der Waals surface area (Å²) >= 11 is 0. The van der Waals surface area contributed by atoms with Crippen LogP contribution in [0.5, 0.6) is 0 Å². The molecule has 0 radical (unpaired) electrons. The van der Waals surface area contributed by atoms with E-state index in [1.165, 1.54) is 5.56 Å². The Balaban J connectivity index is 1.83. The number of hydrogen-bond acceptors (Lipinski definition) is 3. The summed E-state index contributed by atoms with van der Waals surface area (Å²) in [5, 5.41) is 13.2. The molecular formula is C12H19N3O2. The molecule has 2 atom stereocenters. The molecule has 1 aliphatic heterocycles. The van der Waals surface area contributed by atoms with Crippen molar-refractivity contribution < 1.29 is 9.90 Å². The molecule has 5 heteroatoms. The Morgan fingerprint density at radius 1 is 1.59 bits per heavy atom. The highest BCUT2D eigenvalue weighted by atomic mass is 16.4. The maximum Gasteiger partial charge on any atom is 0.308 e. The van der Waals surface area contributed by atoms with Crippen molar-refractivity contribution in [3.8, 4) is 0 Å². The number of aliphatic carboxylic acids is 1. The fourth-order valence-electron chi connectivity index (χ4n) is 2.46. The van der Waals surface area contributed by atoms with Gasteiger partial charge in [0.2, 0.25) is 0 Å². The normalized spacial score (nSPS) is 25.3. The Labute approximate surface area is 101 Å². The zero-order valence-corrected chi connectivity index (χ0v) is 10.3. The first-order valence-corrected chi connectivity index (χ1v) is 5.99. The molecule has 0 saturated carbocycles. The summed E-state index contributed by atoms with van der Waals surface area (Å²) in [6.07, 6.45) is 4.81. The molecule has 17 heavy (non-hydrogen) atoms. The molecule has 0 spiro atoms. The van der Waals surface area contributed by atoms with Crippen LogP contribution in [0.15, 0.2) is 12.4 Å². The van der Waals surface area contributed by atoms with Crippen molar-refractivity contribution in [2.75, 3.05) is 19.6 Å². The number of rotatable bonds is 4. The SMILES string of the molecule is CC1CN(CCc2cnn(C)c2)CC1C(=O)O. The van der Waals surface area contributed by atoms with Gasteiger partial charge in [-0.1, -0.05) is 6.92 Å². The van der Waals surface area contributed by atoms with Gasteiger partial charge in [0.05, 0.1) is 12.1 Å². The Hall–Kier alpha value is -1.36. The summed E-state index contributed by atoms with van der Waals surface area (Å²) in [6, 6.07) is 0. The van der Waals surface area contributed by atoms with Crippen LogP contribution in [0, 0.1) is 11.8 Å². The van der Waals surface area contributed by atoms with Gasteiger partial charge in [0, 0.05) is 32.9 Å². The van der Waals surface area contributed by atoms with Crippen LogP contribution in [-0.4, -0.2) is 45.4 Å². The largest absolute Gasteiger partial charge is 0.481 e. The molecule has 1 fully saturated rings. The van der Waals surface area contributed by atoms with Crippen LogP contribution >= 0.6 is 0 Å². The summed E-state index contributed by atoms with van der Waals surface area (Å²) in [6.45, 7) is 4.50. The molecule has 0 amide bonds. The average Bonchev–Trinajstić information content (AvgIpc) is 2.82. The molecule has 1 saturated heterocycles. The van der Waals surface area contributed by atoms with Crippen LogP contribution in [0.2, 0.25) is 0 Å². The zero-order chi connectivity index (χ0) is 12.4. The number of likely N-dealkylation sites (tertiary alicyclic amines) is 1. The molecular weight excluding hydrogens is 218 g/mol. The quantitative estimate of drug-likeness (QED) is 0.834. The number of carbonyl (C=O) groups is 1. The van der Waals surface area contributed by atoms with Gasteiger partial charge in [-0.25, -0.2) is 0 Å². The van der Waals surface area contributed by atoms with Crippen LogP contribution in [0.3, 0.4) is 0 Å². The Morgan fingerprint density at radius 3 is 2.88 bits per heavy atom. The smallest absolute Gasteiger partial charge is 0.308 e. The Morgan fingerprint density at radius 2 is 2.35 bits per heavy atom. The standard InChI is InChI=1S/C12H19N3O2/c1-9-6-15(8-11(9)12(16)17)4-3-10-5-13-14(2)7-10/h5,7,9,11H,3-4,6,8H2,1-2H3,(H,16,17). The second-order valence-corrected chi connectivity index (χ2v) is 4.95. The third kappa shape index (κ3) is 2.85. The average molecular weight is 237 g/mol. The van der Waals surface area contributed by atoms with Gasteiger partial charge in [0.15, 0.2) is 0 Å². The van der Waals surface area contributed by atoms with Crippen LogP contribution < -0.4 is 0 Å². The van der Waals surface area contributed by atoms with E-state index in [0.717, 1.165) is 19.5 Å². The second-order valence-electron chi connectivity index (χ2n) is 4.95. The fraction of sp³-hybridized carbons (Fsp3) is 0.667. The van der Waals surface area contributed by atoms with Crippen molar-refractivity contribution >= 4 is 5.97 Å². The molecule has 2 rings (SSSR count). The zero-order valence-electron chi connectivity index (χ0n) is 10.3. The lowest BCUT2D eigenvalue weighted by Crippen LogP contribution is -2.25. The van der Waals surface area contributed by atoms with E-state index >= 15 is 0 Å². The topological polar surface area (TPSA) is 58.4 Å². The first-order valence-electron chi connectivity index (χ1n) is 5.99. The van der Waals surface area contributed by atoms with Gasteiger partial charge in [-0.2, -0.15) is 5.10 Å². The highest BCUT2D eigenvalue weighted by molar-refractivity contribution is 5.71. The molecule has 1 aromatic rings. The van der Waals surface area contributed by atoms with Crippen molar-refractivity contribution in [3.63, 3.8) is 0 Å². The van der Waals surface area contributed by atoms with E-state index in [2.05, 4.69) is 10.00 Å². The molecule has 0 aliphatic carbocycles. The highest BCUT2D eigenvalue weighted by Crippen LogP contribution is 2.23. The Bertz CT molecular complexity index is 402. The van der Waals surface area contributed by atoms with Gasteiger partial charge in [0.25, 0.3) is 0 Å². The number of carboxylic acids is 1. The van der Waals surface area contributed by atoms with Crippen molar-refractivity contribution in [2.45, 2.75) is 13.3 Å². The molecule has 94 valence electrons. The van der Waals surface area contributed by atoms with Gasteiger partial charge >= 0.3 is 5.97 Å². The van der Waals surface area contributed by atoms with Gasteiger partial charge in [-0.15, -0.1) is 0 Å². The number of carboxylic acid groups (broad SMARTS) is 1. The molecule has 0 bridgehead atoms. The lowest BCUT2D eigenvalue weighted by Gasteiger charge is -2.14. The molecule has 0 aromatic carbocycles. The lowest BCUT2D eigenvalue weighted by atomic mass is 9.99. The van der Waals surface area contributed by atoms with E-state index in [1.54, 1.807) is 4.68 Å². The number of aryl methyl sites for hydroxylation is 1. The van der Waals surface area contributed by atoms with Crippen LogP contribution in [0.1, 0.15) is 12.5 Å². The first-order chi connectivity index (χ1) is 8.06. The van der Waals surface area contributed by atoms with E-state index in [-0.39, 0.29) is 11.8 Å². The van der Waals surface area contributed by atoms with Crippen molar-refractivity contribution in [1.82, 2.24) is 14.7 Å². The Kier molecular flexibility index (Phi) is 3.47. The van der Waals surface area contributed by atoms with Gasteiger partial charge in [-0.05, 0) is 17.9 Å². The van der Waals surface area contributed by atoms with Crippen molar-refractivity contribution in [2.24, 2.45) is 18.9 Å². The summed E-state index contributed by atoms with van der Waals surface area (Å²) in [4.78, 5) is 13.2. The van der Waals surface area contributed by atoms with Gasteiger partial charge in [-0.3, -0.25) is 9.48 Å².